The number of methoxy groups -OCH3 is 1. The number of nitrogens with one attached hydrogen (secondary N) is 1. The van der Waals surface area contributed by atoms with Crippen molar-refractivity contribution in [2.75, 3.05) is 13.7 Å². The fourth-order valence-electron chi connectivity index (χ4n) is 1.83. The highest BCUT2D eigenvalue weighted by molar-refractivity contribution is 5.04. The van der Waals surface area contributed by atoms with Crippen LogP contribution in [0.1, 0.15) is 45.1 Å². The first-order valence-electron chi connectivity index (χ1n) is 6.69. The van der Waals surface area contributed by atoms with E-state index < -0.39 is 0 Å². The first kappa shape index (κ1) is 15.2. The van der Waals surface area contributed by atoms with E-state index in [4.69, 9.17) is 4.74 Å². The van der Waals surface area contributed by atoms with E-state index in [0.29, 0.717) is 0 Å². The van der Waals surface area contributed by atoms with E-state index >= 15 is 0 Å². The molecule has 1 aromatic heterocycles. The maximum Gasteiger partial charge on any atom is 0.105 e. The summed E-state index contributed by atoms with van der Waals surface area (Å²) in [6.45, 7) is 11.3. The van der Waals surface area contributed by atoms with Gasteiger partial charge in [-0.15, -0.1) is 0 Å². The third-order valence-electron chi connectivity index (χ3n) is 2.92. The van der Waals surface area contributed by atoms with Gasteiger partial charge in [0.05, 0.1) is 5.69 Å². The van der Waals surface area contributed by atoms with Crippen molar-refractivity contribution < 1.29 is 4.74 Å². The Morgan fingerprint density at radius 2 is 2.06 bits per heavy atom. The summed E-state index contributed by atoms with van der Waals surface area (Å²) in [5.74, 6) is 1.10. The summed E-state index contributed by atoms with van der Waals surface area (Å²) in [6.07, 6.45) is 4.21. The van der Waals surface area contributed by atoms with Gasteiger partial charge >= 0.3 is 0 Å². The van der Waals surface area contributed by atoms with Crippen molar-refractivity contribution >= 4 is 0 Å². The second kappa shape index (κ2) is 6.90. The lowest BCUT2D eigenvalue weighted by molar-refractivity contribution is 0.191. The Bertz CT molecular complexity index is 352. The Balaban J connectivity index is 2.52. The maximum atomic E-state index is 5.08. The third kappa shape index (κ3) is 5.19. The zero-order chi connectivity index (χ0) is 13.6. The minimum atomic E-state index is 0.138. The third-order valence-corrected chi connectivity index (χ3v) is 2.92. The highest BCUT2D eigenvalue weighted by atomic mass is 16.5. The van der Waals surface area contributed by atoms with Gasteiger partial charge < -0.3 is 14.6 Å². The van der Waals surface area contributed by atoms with Crippen LogP contribution in [0, 0.1) is 6.92 Å². The Morgan fingerprint density at radius 3 is 2.67 bits per heavy atom. The van der Waals surface area contributed by atoms with Crippen LogP contribution in [0.25, 0.3) is 0 Å². The van der Waals surface area contributed by atoms with Gasteiger partial charge in [-0.2, -0.15) is 0 Å². The molecule has 18 heavy (non-hydrogen) atoms. The van der Waals surface area contributed by atoms with Crippen molar-refractivity contribution in [1.82, 2.24) is 14.9 Å². The summed E-state index contributed by atoms with van der Waals surface area (Å²) in [4.78, 5) is 4.41. The second-order valence-corrected chi connectivity index (χ2v) is 5.75. The van der Waals surface area contributed by atoms with E-state index in [1.165, 1.54) is 5.69 Å². The van der Waals surface area contributed by atoms with E-state index in [1.807, 2.05) is 6.20 Å². The number of hydrogen-bond donors (Lipinski definition) is 1. The summed E-state index contributed by atoms with van der Waals surface area (Å²) in [7, 11) is 1.75. The molecule has 0 aromatic carbocycles. The summed E-state index contributed by atoms with van der Waals surface area (Å²) in [5, 5.41) is 3.51. The Hall–Kier alpha value is -0.870. The summed E-state index contributed by atoms with van der Waals surface area (Å²) in [5.41, 5.74) is 1.40. The van der Waals surface area contributed by atoms with Crippen LogP contribution in [-0.4, -0.2) is 28.8 Å². The predicted molar refractivity (Wildman–Crippen MR) is 74.7 cm³/mol. The van der Waals surface area contributed by atoms with Gasteiger partial charge in [-0.25, -0.2) is 4.98 Å². The Labute approximate surface area is 111 Å². The molecule has 1 heterocycles. The molecule has 0 unspecified atom stereocenters. The van der Waals surface area contributed by atoms with E-state index in [0.717, 1.165) is 38.4 Å². The molecule has 0 saturated heterocycles. The van der Waals surface area contributed by atoms with Gasteiger partial charge in [0.25, 0.3) is 0 Å². The van der Waals surface area contributed by atoms with Crippen molar-refractivity contribution in [3.63, 3.8) is 0 Å². The molecule has 0 atom stereocenters. The first-order valence-corrected chi connectivity index (χ1v) is 6.69. The molecule has 1 aromatic rings. The monoisotopic (exact) mass is 253 g/mol. The fourth-order valence-corrected chi connectivity index (χ4v) is 1.83. The maximum absolute atomic E-state index is 5.08. The number of unbranched alkanes of at least 4 members (excludes halogenated alkanes) is 1. The Kier molecular flexibility index (Phi) is 5.82. The molecule has 0 spiro atoms. The lowest BCUT2D eigenvalue weighted by atomic mass is 10.1. The van der Waals surface area contributed by atoms with Gasteiger partial charge in [-0.05, 0) is 40.5 Å². The van der Waals surface area contributed by atoms with Crippen LogP contribution >= 0.6 is 0 Å². The van der Waals surface area contributed by atoms with Gasteiger partial charge in [0.2, 0.25) is 0 Å². The predicted octanol–water partition coefficient (Wildman–Crippen LogP) is 2.51. The van der Waals surface area contributed by atoms with Gasteiger partial charge in [-0.3, -0.25) is 0 Å². The van der Waals surface area contributed by atoms with E-state index in [-0.39, 0.29) is 5.54 Å². The fraction of sp³-hybridized carbons (Fsp3) is 0.786. The van der Waals surface area contributed by atoms with Crippen LogP contribution in [-0.2, 0) is 17.8 Å². The smallest absolute Gasteiger partial charge is 0.105 e. The average molecular weight is 253 g/mol. The molecule has 0 fully saturated rings. The van der Waals surface area contributed by atoms with E-state index in [2.05, 4.69) is 42.6 Å². The number of imidazole rings is 1. The second-order valence-electron chi connectivity index (χ2n) is 5.75. The van der Waals surface area contributed by atoms with Gasteiger partial charge in [-0.1, -0.05) is 0 Å². The molecule has 0 radical (unpaired) electrons. The summed E-state index contributed by atoms with van der Waals surface area (Å²) >= 11 is 0. The number of aromatic nitrogens is 2. The van der Waals surface area contributed by atoms with Crippen molar-refractivity contribution in [3.8, 4) is 0 Å². The summed E-state index contributed by atoms with van der Waals surface area (Å²) < 4.78 is 7.38. The van der Waals surface area contributed by atoms with Gasteiger partial charge in [0.15, 0.2) is 0 Å². The number of aryl methyl sites for hydroxylation is 1. The molecule has 4 nitrogen and oxygen atoms in total. The normalized spacial score (nSPS) is 12.1. The number of nitrogens with zero attached hydrogens (tertiary/aromatic N) is 2. The minimum absolute atomic E-state index is 0.138. The van der Waals surface area contributed by atoms with Crippen LogP contribution in [0.3, 0.4) is 0 Å². The molecule has 4 heteroatoms. The average Bonchev–Trinajstić information content (AvgIpc) is 2.62. The van der Waals surface area contributed by atoms with Crippen LogP contribution in [0.4, 0.5) is 0 Å². The van der Waals surface area contributed by atoms with Crippen molar-refractivity contribution in [2.24, 2.45) is 0 Å². The lowest BCUT2D eigenvalue weighted by Gasteiger charge is -2.21. The quantitative estimate of drug-likeness (QED) is 0.759. The van der Waals surface area contributed by atoms with Crippen molar-refractivity contribution in [2.45, 2.75) is 59.2 Å². The molecule has 0 amide bonds. The van der Waals surface area contributed by atoms with Crippen molar-refractivity contribution in [3.05, 3.63) is 17.7 Å². The van der Waals surface area contributed by atoms with Crippen molar-refractivity contribution in [1.29, 1.82) is 0 Å². The number of rotatable bonds is 7. The lowest BCUT2D eigenvalue weighted by Crippen LogP contribution is -2.35. The topological polar surface area (TPSA) is 39.1 Å². The van der Waals surface area contributed by atoms with Crippen LogP contribution in [0.15, 0.2) is 6.20 Å². The highest BCUT2D eigenvalue weighted by Crippen LogP contribution is 2.09. The van der Waals surface area contributed by atoms with Crippen LogP contribution in [0.2, 0.25) is 0 Å². The molecule has 0 saturated carbocycles. The molecular weight excluding hydrogens is 226 g/mol. The zero-order valence-electron chi connectivity index (χ0n) is 12.4. The Morgan fingerprint density at radius 1 is 1.33 bits per heavy atom. The molecule has 0 aliphatic carbocycles. The zero-order valence-corrected chi connectivity index (χ0v) is 12.4. The molecule has 1 rings (SSSR count). The molecule has 0 bridgehead atoms. The van der Waals surface area contributed by atoms with Gasteiger partial charge in [0.1, 0.15) is 5.82 Å². The standard InChI is InChI=1S/C14H27N3O/c1-12-15-10-13(11-16-14(2,3)4)17(12)8-6-7-9-18-5/h10,16H,6-9,11H2,1-5H3. The first-order chi connectivity index (χ1) is 8.44. The molecule has 0 aliphatic rings. The van der Waals surface area contributed by atoms with E-state index in [1.54, 1.807) is 7.11 Å². The largest absolute Gasteiger partial charge is 0.385 e. The minimum Gasteiger partial charge on any atom is -0.385 e. The van der Waals surface area contributed by atoms with E-state index in [9.17, 15) is 0 Å². The number of ether oxygens (including phenoxy) is 1. The van der Waals surface area contributed by atoms with Gasteiger partial charge in [0, 0.05) is 38.5 Å². The summed E-state index contributed by atoms with van der Waals surface area (Å²) in [6, 6.07) is 0. The molecular formula is C14H27N3O. The SMILES string of the molecule is COCCCCn1c(CNC(C)(C)C)cnc1C. The molecule has 0 aliphatic heterocycles. The van der Waals surface area contributed by atoms with Crippen LogP contribution in [0.5, 0.6) is 0 Å². The highest BCUT2D eigenvalue weighted by Gasteiger charge is 2.11. The van der Waals surface area contributed by atoms with Crippen LogP contribution < -0.4 is 5.32 Å². The number of hydrogen-bond acceptors (Lipinski definition) is 3. The molecule has 104 valence electrons. The molecule has 1 N–H and O–H groups in total.